The Bertz CT molecular complexity index is 779. The number of hydrogen-bond acceptors (Lipinski definition) is 4. The number of rotatable bonds is 4. The van der Waals surface area contributed by atoms with Crippen LogP contribution in [-0.2, 0) is 18.4 Å². The third-order valence-corrected chi connectivity index (χ3v) is 5.84. The van der Waals surface area contributed by atoms with Crippen LogP contribution in [0.15, 0.2) is 36.7 Å². The Morgan fingerprint density at radius 1 is 1.23 bits per heavy atom. The van der Waals surface area contributed by atoms with Crippen LogP contribution in [0.3, 0.4) is 0 Å². The average molecular weight is 353 g/mol. The van der Waals surface area contributed by atoms with E-state index >= 15 is 0 Å². The summed E-state index contributed by atoms with van der Waals surface area (Å²) in [6, 6.07) is 10.6. The van der Waals surface area contributed by atoms with Crippen molar-refractivity contribution in [1.29, 1.82) is 0 Å². The molecule has 0 bridgehead atoms. The molecule has 138 valence electrons. The smallest absolute Gasteiger partial charge is 0.225 e. The number of aromatic nitrogens is 3. The van der Waals surface area contributed by atoms with Crippen LogP contribution >= 0.6 is 0 Å². The largest absolute Gasteiger partial charge is 0.341 e. The number of carbonyl (C=O) groups is 1. The lowest BCUT2D eigenvalue weighted by Crippen LogP contribution is -2.59. The molecule has 1 unspecified atom stereocenters. The second kappa shape index (κ2) is 6.50. The SMILES string of the molecule is CC(C)C(=O)N1CC(c2nncn2C)C2(CN(Cc3ccccc3)C2)C1. The van der Waals surface area contributed by atoms with E-state index in [0.29, 0.717) is 0 Å². The highest BCUT2D eigenvalue weighted by molar-refractivity contribution is 5.78. The zero-order valence-electron chi connectivity index (χ0n) is 15.8. The molecule has 2 fully saturated rings. The summed E-state index contributed by atoms with van der Waals surface area (Å²) in [7, 11) is 2.00. The maximum Gasteiger partial charge on any atom is 0.225 e. The van der Waals surface area contributed by atoms with Gasteiger partial charge in [0.1, 0.15) is 12.2 Å². The van der Waals surface area contributed by atoms with Gasteiger partial charge >= 0.3 is 0 Å². The summed E-state index contributed by atoms with van der Waals surface area (Å²) >= 11 is 0. The lowest BCUT2D eigenvalue weighted by atomic mass is 9.71. The molecule has 3 heterocycles. The van der Waals surface area contributed by atoms with E-state index in [-0.39, 0.29) is 23.2 Å². The van der Waals surface area contributed by atoms with E-state index in [1.165, 1.54) is 5.56 Å². The summed E-state index contributed by atoms with van der Waals surface area (Å²) in [5.41, 5.74) is 1.44. The van der Waals surface area contributed by atoms with Gasteiger partial charge in [-0.25, -0.2) is 0 Å². The van der Waals surface area contributed by atoms with E-state index in [1.54, 1.807) is 6.33 Å². The molecule has 1 spiro atoms. The average Bonchev–Trinajstić information content (AvgIpc) is 3.18. The Kier molecular flexibility index (Phi) is 4.31. The summed E-state index contributed by atoms with van der Waals surface area (Å²) in [5, 5.41) is 8.46. The number of amides is 1. The van der Waals surface area contributed by atoms with Gasteiger partial charge in [0.05, 0.1) is 0 Å². The van der Waals surface area contributed by atoms with Crippen molar-refractivity contribution < 1.29 is 4.79 Å². The van der Waals surface area contributed by atoms with Crippen molar-refractivity contribution in [2.75, 3.05) is 26.2 Å². The third-order valence-electron chi connectivity index (χ3n) is 5.84. The summed E-state index contributed by atoms with van der Waals surface area (Å²) in [6.45, 7) is 8.50. The van der Waals surface area contributed by atoms with Gasteiger partial charge in [-0.2, -0.15) is 0 Å². The highest BCUT2D eigenvalue weighted by Gasteiger charge is 2.56. The first kappa shape index (κ1) is 17.2. The maximum absolute atomic E-state index is 12.6. The van der Waals surface area contributed by atoms with Crippen LogP contribution in [0.25, 0.3) is 0 Å². The molecule has 1 aromatic carbocycles. The second-order valence-electron chi connectivity index (χ2n) is 8.22. The van der Waals surface area contributed by atoms with Crippen molar-refractivity contribution in [3.63, 3.8) is 0 Å². The van der Waals surface area contributed by atoms with Crippen molar-refractivity contribution >= 4 is 5.91 Å². The first-order chi connectivity index (χ1) is 12.5. The van der Waals surface area contributed by atoms with Crippen molar-refractivity contribution in [3.8, 4) is 0 Å². The molecule has 6 nitrogen and oxygen atoms in total. The fraction of sp³-hybridized carbons (Fsp3) is 0.550. The molecule has 4 rings (SSSR count). The zero-order chi connectivity index (χ0) is 18.3. The van der Waals surface area contributed by atoms with Crippen LogP contribution in [0.1, 0.15) is 31.2 Å². The van der Waals surface area contributed by atoms with Crippen LogP contribution < -0.4 is 0 Å². The molecule has 0 radical (unpaired) electrons. The van der Waals surface area contributed by atoms with E-state index < -0.39 is 0 Å². The summed E-state index contributed by atoms with van der Waals surface area (Å²) in [6.07, 6.45) is 1.76. The van der Waals surface area contributed by atoms with Gasteiger partial charge in [-0.05, 0) is 5.56 Å². The van der Waals surface area contributed by atoms with E-state index in [0.717, 1.165) is 38.5 Å². The van der Waals surface area contributed by atoms with Gasteiger partial charge in [0.2, 0.25) is 5.91 Å². The Morgan fingerprint density at radius 2 is 1.96 bits per heavy atom. The molecule has 1 atom stereocenters. The first-order valence-electron chi connectivity index (χ1n) is 9.37. The molecule has 2 aliphatic rings. The highest BCUT2D eigenvalue weighted by Crippen LogP contribution is 2.49. The van der Waals surface area contributed by atoms with Gasteiger partial charge in [0, 0.05) is 57.0 Å². The van der Waals surface area contributed by atoms with Crippen LogP contribution in [0.2, 0.25) is 0 Å². The molecule has 2 aromatic rings. The Morgan fingerprint density at radius 3 is 2.58 bits per heavy atom. The Hall–Kier alpha value is -2.21. The van der Waals surface area contributed by atoms with Crippen molar-refractivity contribution in [2.24, 2.45) is 18.4 Å². The van der Waals surface area contributed by atoms with Crippen molar-refractivity contribution in [1.82, 2.24) is 24.6 Å². The fourth-order valence-electron chi connectivity index (χ4n) is 4.58. The van der Waals surface area contributed by atoms with Gasteiger partial charge < -0.3 is 9.47 Å². The highest BCUT2D eigenvalue weighted by atomic mass is 16.2. The lowest BCUT2D eigenvalue weighted by molar-refractivity contribution is -0.134. The van der Waals surface area contributed by atoms with Crippen LogP contribution in [0.4, 0.5) is 0 Å². The zero-order valence-corrected chi connectivity index (χ0v) is 15.8. The molecular formula is C20H27N5O. The summed E-state index contributed by atoms with van der Waals surface area (Å²) < 4.78 is 2.01. The monoisotopic (exact) mass is 353 g/mol. The quantitative estimate of drug-likeness (QED) is 0.842. The normalized spacial score (nSPS) is 22.2. The molecule has 0 N–H and O–H groups in total. The molecule has 1 amide bonds. The molecule has 0 saturated carbocycles. The van der Waals surface area contributed by atoms with Crippen molar-refractivity contribution in [2.45, 2.75) is 26.3 Å². The third kappa shape index (κ3) is 2.92. The molecule has 26 heavy (non-hydrogen) atoms. The predicted molar refractivity (Wildman–Crippen MR) is 99.3 cm³/mol. The van der Waals surface area contributed by atoms with E-state index in [9.17, 15) is 4.79 Å². The molecule has 2 aliphatic heterocycles. The van der Waals surface area contributed by atoms with Gasteiger partial charge in [-0.3, -0.25) is 9.69 Å². The Labute approximate surface area is 154 Å². The topological polar surface area (TPSA) is 54.3 Å². The van der Waals surface area contributed by atoms with Crippen LogP contribution in [-0.4, -0.2) is 56.7 Å². The maximum atomic E-state index is 12.6. The Balaban J connectivity index is 1.53. The lowest BCUT2D eigenvalue weighted by Gasteiger charge is -2.50. The molecule has 1 aromatic heterocycles. The molecule has 2 saturated heterocycles. The fourth-order valence-corrected chi connectivity index (χ4v) is 4.58. The van der Waals surface area contributed by atoms with Gasteiger partial charge in [0.15, 0.2) is 0 Å². The van der Waals surface area contributed by atoms with Gasteiger partial charge in [0.25, 0.3) is 0 Å². The minimum absolute atomic E-state index is 0.0331. The minimum Gasteiger partial charge on any atom is -0.341 e. The summed E-state index contributed by atoms with van der Waals surface area (Å²) in [5.74, 6) is 1.54. The number of nitrogens with zero attached hydrogens (tertiary/aromatic N) is 5. The van der Waals surface area contributed by atoms with Crippen LogP contribution in [0, 0.1) is 11.3 Å². The number of hydrogen-bond donors (Lipinski definition) is 0. The molecular weight excluding hydrogens is 326 g/mol. The van der Waals surface area contributed by atoms with E-state index in [1.807, 2.05) is 30.4 Å². The number of carbonyl (C=O) groups excluding carboxylic acids is 1. The number of benzene rings is 1. The second-order valence-corrected chi connectivity index (χ2v) is 8.22. The summed E-state index contributed by atoms with van der Waals surface area (Å²) in [4.78, 5) is 17.1. The number of aryl methyl sites for hydroxylation is 1. The molecule has 6 heteroatoms. The van der Waals surface area contributed by atoms with Crippen molar-refractivity contribution in [3.05, 3.63) is 48.0 Å². The van der Waals surface area contributed by atoms with E-state index in [4.69, 9.17) is 0 Å². The molecule has 0 aliphatic carbocycles. The predicted octanol–water partition coefficient (Wildman–Crippen LogP) is 1.90. The minimum atomic E-state index is 0.0331. The van der Waals surface area contributed by atoms with Crippen LogP contribution in [0.5, 0.6) is 0 Å². The standard InChI is InChI=1S/C20H27N5O/c1-15(2)19(26)25-10-17(18-22-21-14-23(18)3)20(13-25)11-24(12-20)9-16-7-5-4-6-8-16/h4-8,14-15,17H,9-13H2,1-3H3. The first-order valence-corrected chi connectivity index (χ1v) is 9.37. The van der Waals surface area contributed by atoms with Gasteiger partial charge in [-0.15, -0.1) is 10.2 Å². The van der Waals surface area contributed by atoms with E-state index in [2.05, 4.69) is 45.4 Å². The number of likely N-dealkylation sites (tertiary alicyclic amines) is 2. The van der Waals surface area contributed by atoms with Gasteiger partial charge in [-0.1, -0.05) is 44.2 Å².